The predicted molar refractivity (Wildman–Crippen MR) is 86.8 cm³/mol. The van der Waals surface area contributed by atoms with E-state index in [1.807, 2.05) is 12.2 Å². The molecule has 0 aliphatic carbocycles. The number of hydrogen-bond donors (Lipinski definition) is 6. The molecule has 142 valence electrons. The summed E-state index contributed by atoms with van der Waals surface area (Å²) in [4.78, 5) is 56.8. The molecule has 0 aliphatic heterocycles. The molecule has 0 fully saturated rings. The van der Waals surface area contributed by atoms with Crippen LogP contribution < -0.4 is 27.4 Å². The van der Waals surface area contributed by atoms with Gasteiger partial charge in [0.2, 0.25) is 23.6 Å². The zero-order valence-corrected chi connectivity index (χ0v) is 14.2. The maximum absolute atomic E-state index is 11.8. The molecular weight excluding hydrogens is 334 g/mol. The Labute approximate surface area is 144 Å². The summed E-state index contributed by atoms with van der Waals surface area (Å²) >= 11 is 0. The van der Waals surface area contributed by atoms with Gasteiger partial charge in [-0.05, 0) is 5.92 Å². The summed E-state index contributed by atoms with van der Waals surface area (Å²) in [6, 6.07) is -2.12. The molecule has 0 bridgehead atoms. The topological polar surface area (TPSA) is 194 Å². The summed E-state index contributed by atoms with van der Waals surface area (Å²) in [6.45, 7) is 2.53. The molecule has 0 saturated carbocycles. The lowest BCUT2D eigenvalue weighted by Gasteiger charge is -2.19. The van der Waals surface area contributed by atoms with Crippen LogP contribution in [-0.2, 0) is 24.0 Å². The summed E-state index contributed by atoms with van der Waals surface area (Å²) in [6.07, 6.45) is 0.169. The minimum absolute atomic E-state index is 0.0764. The SMILES string of the molecule is CCC(C)C(N)C(=O)NCC(=O)NC(CC(N)=O)C(=O)NCC(=O)O. The summed E-state index contributed by atoms with van der Waals surface area (Å²) in [5, 5.41) is 15.1. The van der Waals surface area contributed by atoms with E-state index in [1.54, 1.807) is 6.92 Å². The van der Waals surface area contributed by atoms with E-state index in [4.69, 9.17) is 16.6 Å². The van der Waals surface area contributed by atoms with Crippen LogP contribution in [0.3, 0.4) is 0 Å². The van der Waals surface area contributed by atoms with E-state index in [0.29, 0.717) is 6.42 Å². The number of amides is 4. The van der Waals surface area contributed by atoms with Gasteiger partial charge in [-0.25, -0.2) is 0 Å². The van der Waals surface area contributed by atoms with Crippen LogP contribution in [0.5, 0.6) is 0 Å². The Morgan fingerprint density at radius 3 is 2.08 bits per heavy atom. The van der Waals surface area contributed by atoms with Gasteiger partial charge in [-0.2, -0.15) is 0 Å². The molecule has 0 saturated heterocycles. The fourth-order valence-corrected chi connectivity index (χ4v) is 1.74. The van der Waals surface area contributed by atoms with Crippen molar-refractivity contribution in [3.05, 3.63) is 0 Å². The predicted octanol–water partition coefficient (Wildman–Crippen LogP) is -2.96. The monoisotopic (exact) mass is 359 g/mol. The number of primary amides is 1. The lowest BCUT2D eigenvalue weighted by Crippen LogP contribution is -2.53. The molecule has 0 spiro atoms. The Kier molecular flexibility index (Phi) is 9.79. The fraction of sp³-hybridized carbons (Fsp3) is 0.643. The smallest absolute Gasteiger partial charge is 0.322 e. The maximum atomic E-state index is 11.8. The van der Waals surface area contributed by atoms with Gasteiger partial charge in [0.1, 0.15) is 12.6 Å². The average Bonchev–Trinajstić information content (AvgIpc) is 2.54. The van der Waals surface area contributed by atoms with Crippen molar-refractivity contribution in [3.8, 4) is 0 Å². The van der Waals surface area contributed by atoms with Crippen LogP contribution in [0.1, 0.15) is 26.7 Å². The third kappa shape index (κ3) is 9.25. The van der Waals surface area contributed by atoms with Crippen LogP contribution in [-0.4, -0.2) is 59.9 Å². The van der Waals surface area contributed by atoms with Crippen molar-refractivity contribution in [2.24, 2.45) is 17.4 Å². The van der Waals surface area contributed by atoms with Crippen molar-refractivity contribution >= 4 is 29.6 Å². The zero-order valence-electron chi connectivity index (χ0n) is 14.2. The third-order valence-electron chi connectivity index (χ3n) is 3.45. The highest BCUT2D eigenvalue weighted by Gasteiger charge is 2.24. The van der Waals surface area contributed by atoms with E-state index in [9.17, 15) is 24.0 Å². The number of carbonyl (C=O) groups excluding carboxylic acids is 4. The summed E-state index contributed by atoms with van der Waals surface area (Å²) < 4.78 is 0. The standard InChI is InChI=1S/C14H25N5O6/c1-3-7(2)12(16)14(25)17-5-10(21)19-8(4-9(15)20)13(24)18-6-11(22)23/h7-8,12H,3-6,16H2,1-2H3,(H2,15,20)(H,17,25)(H,18,24)(H,19,21)(H,22,23). The van der Waals surface area contributed by atoms with Crippen molar-refractivity contribution in [2.75, 3.05) is 13.1 Å². The molecule has 0 radical (unpaired) electrons. The van der Waals surface area contributed by atoms with Crippen molar-refractivity contribution in [2.45, 2.75) is 38.8 Å². The minimum Gasteiger partial charge on any atom is -0.480 e. The van der Waals surface area contributed by atoms with Gasteiger partial charge in [0.05, 0.1) is 19.0 Å². The first-order valence-electron chi connectivity index (χ1n) is 7.68. The molecule has 25 heavy (non-hydrogen) atoms. The van der Waals surface area contributed by atoms with E-state index in [2.05, 4.69) is 10.6 Å². The number of carboxylic acids is 1. The molecule has 11 nitrogen and oxygen atoms in total. The van der Waals surface area contributed by atoms with Crippen LogP contribution in [0, 0.1) is 5.92 Å². The van der Waals surface area contributed by atoms with E-state index in [1.165, 1.54) is 0 Å². The Morgan fingerprint density at radius 1 is 1.04 bits per heavy atom. The number of carboxylic acid groups (broad SMARTS) is 1. The van der Waals surface area contributed by atoms with Gasteiger partial charge in [0.25, 0.3) is 0 Å². The summed E-state index contributed by atoms with van der Waals surface area (Å²) in [5.74, 6) is -4.38. The van der Waals surface area contributed by atoms with Gasteiger partial charge in [-0.3, -0.25) is 24.0 Å². The highest BCUT2D eigenvalue weighted by atomic mass is 16.4. The molecule has 11 heteroatoms. The van der Waals surface area contributed by atoms with E-state index in [0.717, 1.165) is 0 Å². The van der Waals surface area contributed by atoms with Crippen LogP contribution in [0.15, 0.2) is 0 Å². The highest BCUT2D eigenvalue weighted by Crippen LogP contribution is 2.04. The molecule has 0 aliphatic rings. The van der Waals surface area contributed by atoms with Crippen molar-refractivity contribution in [1.29, 1.82) is 0 Å². The van der Waals surface area contributed by atoms with Gasteiger partial charge in [-0.15, -0.1) is 0 Å². The Morgan fingerprint density at radius 2 is 1.60 bits per heavy atom. The molecule has 0 rings (SSSR count). The van der Waals surface area contributed by atoms with Crippen LogP contribution in [0.2, 0.25) is 0 Å². The van der Waals surface area contributed by atoms with Crippen LogP contribution in [0.25, 0.3) is 0 Å². The van der Waals surface area contributed by atoms with Crippen LogP contribution in [0.4, 0.5) is 0 Å². The lowest BCUT2D eigenvalue weighted by atomic mass is 9.99. The number of aliphatic carboxylic acids is 1. The molecule has 0 aromatic heterocycles. The van der Waals surface area contributed by atoms with Gasteiger partial charge in [-0.1, -0.05) is 20.3 Å². The molecule has 8 N–H and O–H groups in total. The number of nitrogens with two attached hydrogens (primary N) is 2. The zero-order chi connectivity index (χ0) is 19.6. The molecule has 0 aromatic rings. The second-order valence-electron chi connectivity index (χ2n) is 5.53. The van der Waals surface area contributed by atoms with E-state index >= 15 is 0 Å². The van der Waals surface area contributed by atoms with E-state index in [-0.39, 0.29) is 5.92 Å². The number of hydrogen-bond acceptors (Lipinski definition) is 6. The van der Waals surface area contributed by atoms with Crippen molar-refractivity contribution in [1.82, 2.24) is 16.0 Å². The first kappa shape index (κ1) is 22.3. The Balaban J connectivity index is 4.60. The van der Waals surface area contributed by atoms with Crippen LogP contribution >= 0.6 is 0 Å². The molecule has 0 aromatic carbocycles. The molecule has 3 atom stereocenters. The first-order chi connectivity index (χ1) is 11.6. The maximum Gasteiger partial charge on any atom is 0.322 e. The number of carbonyl (C=O) groups is 5. The summed E-state index contributed by atoms with van der Waals surface area (Å²) in [7, 11) is 0. The molecule has 4 amide bonds. The second kappa shape index (κ2) is 11.0. The third-order valence-corrected chi connectivity index (χ3v) is 3.45. The Hall–Kier alpha value is -2.69. The van der Waals surface area contributed by atoms with Crippen molar-refractivity contribution < 1.29 is 29.1 Å². The van der Waals surface area contributed by atoms with Gasteiger partial charge in [0.15, 0.2) is 0 Å². The lowest BCUT2D eigenvalue weighted by molar-refractivity contribution is -0.138. The number of nitrogens with one attached hydrogen (secondary N) is 3. The van der Waals surface area contributed by atoms with Gasteiger partial charge in [0, 0.05) is 0 Å². The highest BCUT2D eigenvalue weighted by molar-refractivity contribution is 5.94. The largest absolute Gasteiger partial charge is 0.480 e. The average molecular weight is 359 g/mol. The van der Waals surface area contributed by atoms with Gasteiger partial charge < -0.3 is 32.5 Å². The van der Waals surface area contributed by atoms with E-state index < -0.39 is 61.2 Å². The number of rotatable bonds is 11. The van der Waals surface area contributed by atoms with Gasteiger partial charge >= 0.3 is 5.97 Å². The fourth-order valence-electron chi connectivity index (χ4n) is 1.74. The summed E-state index contributed by atoms with van der Waals surface area (Å²) in [5.41, 5.74) is 10.7. The molecule has 3 unspecified atom stereocenters. The normalized spacial score (nSPS) is 13.9. The second-order valence-corrected chi connectivity index (χ2v) is 5.53. The first-order valence-corrected chi connectivity index (χ1v) is 7.68. The Bertz CT molecular complexity index is 524. The van der Waals surface area contributed by atoms with Crippen molar-refractivity contribution in [3.63, 3.8) is 0 Å². The quantitative estimate of drug-likeness (QED) is 0.227. The minimum atomic E-state index is -1.34. The molecule has 0 heterocycles. The molecular formula is C14H25N5O6.